The summed E-state index contributed by atoms with van der Waals surface area (Å²) < 4.78 is 30.4. The number of benzene rings is 1. The highest BCUT2D eigenvalue weighted by atomic mass is 79.9. The Balaban J connectivity index is 1.75. The number of anilines is 1. The molecule has 1 aromatic carbocycles. The molecule has 0 saturated carbocycles. The maximum absolute atomic E-state index is 12.0. The molecule has 14 nitrogen and oxygen atoms in total. The predicted molar refractivity (Wildman–Crippen MR) is 140 cm³/mol. The SMILES string of the molecule is CC(=O)Nc1nc(OCc2ccc(Br)cc2)c2ncn([C@@H]3O[C@H](COC(C)=O)[C@@H](OC(C)=O)[C@H]3OC(C)=O)c2n1. The third-order valence-corrected chi connectivity index (χ3v) is 6.11. The minimum absolute atomic E-state index is 0.0670. The smallest absolute Gasteiger partial charge is 0.303 e. The average Bonchev–Trinajstić information content (AvgIpc) is 3.42. The molecule has 0 aliphatic carbocycles. The molecule has 3 aromatic rings. The lowest BCUT2D eigenvalue weighted by atomic mass is 10.1. The second kappa shape index (κ2) is 12.4. The van der Waals surface area contributed by atoms with E-state index in [1.54, 1.807) is 0 Å². The maximum atomic E-state index is 12.0. The number of carbonyl (C=O) groups is 4. The molecule has 1 aliphatic rings. The summed E-state index contributed by atoms with van der Waals surface area (Å²) >= 11 is 3.39. The van der Waals surface area contributed by atoms with Crippen molar-refractivity contribution < 1.29 is 42.9 Å². The first-order valence-electron chi connectivity index (χ1n) is 12.0. The third kappa shape index (κ3) is 6.90. The summed E-state index contributed by atoms with van der Waals surface area (Å²) in [6.07, 6.45) is -3.01. The fourth-order valence-electron chi connectivity index (χ4n) is 4.04. The number of aromatic nitrogens is 4. The number of carbonyl (C=O) groups excluding carboxylic acids is 4. The van der Waals surface area contributed by atoms with E-state index in [1.807, 2.05) is 24.3 Å². The largest absolute Gasteiger partial charge is 0.471 e. The number of imidazole rings is 1. The molecule has 40 heavy (non-hydrogen) atoms. The predicted octanol–water partition coefficient (Wildman–Crippen LogP) is 2.45. The van der Waals surface area contributed by atoms with Crippen molar-refractivity contribution in [2.24, 2.45) is 0 Å². The van der Waals surface area contributed by atoms with Gasteiger partial charge in [-0.3, -0.25) is 29.1 Å². The number of nitrogens with zero attached hydrogens (tertiary/aromatic N) is 4. The molecular formula is C25H26BrN5O9. The quantitative estimate of drug-likeness (QED) is 0.274. The van der Waals surface area contributed by atoms with Gasteiger partial charge in [0, 0.05) is 32.2 Å². The molecule has 1 aliphatic heterocycles. The molecule has 4 rings (SSSR count). The number of hydrogen-bond donors (Lipinski definition) is 1. The Hall–Kier alpha value is -4.11. The van der Waals surface area contributed by atoms with Crippen LogP contribution in [0.1, 0.15) is 39.5 Å². The number of rotatable bonds is 9. The minimum atomic E-state index is -1.16. The fraction of sp³-hybridized carbons (Fsp3) is 0.400. The number of amides is 1. The summed E-state index contributed by atoms with van der Waals surface area (Å²) in [5.74, 6) is -2.32. The van der Waals surface area contributed by atoms with Crippen molar-refractivity contribution in [1.29, 1.82) is 0 Å². The summed E-state index contributed by atoms with van der Waals surface area (Å²) in [7, 11) is 0. The zero-order chi connectivity index (χ0) is 29.0. The van der Waals surface area contributed by atoms with E-state index in [1.165, 1.54) is 38.6 Å². The van der Waals surface area contributed by atoms with Gasteiger partial charge in [0.25, 0.3) is 0 Å². The van der Waals surface area contributed by atoms with Gasteiger partial charge < -0.3 is 23.7 Å². The Kier molecular flexibility index (Phi) is 8.94. The van der Waals surface area contributed by atoms with E-state index >= 15 is 0 Å². The number of ether oxygens (including phenoxy) is 5. The summed E-state index contributed by atoms with van der Waals surface area (Å²) in [5, 5.41) is 2.53. The number of nitrogens with one attached hydrogen (secondary N) is 1. The zero-order valence-electron chi connectivity index (χ0n) is 22.0. The van der Waals surface area contributed by atoms with Gasteiger partial charge in [-0.05, 0) is 17.7 Å². The van der Waals surface area contributed by atoms with Gasteiger partial charge in [-0.2, -0.15) is 9.97 Å². The van der Waals surface area contributed by atoms with Crippen LogP contribution in [-0.4, -0.2) is 68.3 Å². The van der Waals surface area contributed by atoms with Crippen LogP contribution in [0.15, 0.2) is 35.1 Å². The van der Waals surface area contributed by atoms with E-state index in [0.29, 0.717) is 0 Å². The molecule has 0 spiro atoms. The zero-order valence-corrected chi connectivity index (χ0v) is 23.5. The van der Waals surface area contributed by atoms with Gasteiger partial charge in [0.2, 0.25) is 17.7 Å². The number of hydrogen-bond acceptors (Lipinski definition) is 12. The molecule has 0 bridgehead atoms. The Labute approximate surface area is 236 Å². The average molecular weight is 620 g/mol. The van der Waals surface area contributed by atoms with Crippen molar-refractivity contribution in [3.8, 4) is 5.88 Å². The van der Waals surface area contributed by atoms with Gasteiger partial charge in [-0.1, -0.05) is 28.1 Å². The molecule has 1 amide bonds. The van der Waals surface area contributed by atoms with Gasteiger partial charge in [0.15, 0.2) is 29.6 Å². The number of fused-ring (bicyclic) bond motifs is 1. The topological polar surface area (TPSA) is 170 Å². The van der Waals surface area contributed by atoms with Crippen LogP contribution in [0.3, 0.4) is 0 Å². The second-order valence-corrected chi connectivity index (χ2v) is 9.70. The normalized spacial score (nSPS) is 20.1. The lowest BCUT2D eigenvalue weighted by Crippen LogP contribution is -2.40. The first-order chi connectivity index (χ1) is 19.0. The van der Waals surface area contributed by atoms with Crippen molar-refractivity contribution in [2.75, 3.05) is 11.9 Å². The fourth-order valence-corrected chi connectivity index (χ4v) is 4.30. The van der Waals surface area contributed by atoms with Gasteiger partial charge in [-0.15, -0.1) is 0 Å². The van der Waals surface area contributed by atoms with Gasteiger partial charge in [0.1, 0.15) is 19.3 Å². The van der Waals surface area contributed by atoms with E-state index in [0.717, 1.165) is 10.0 Å². The molecular weight excluding hydrogens is 594 g/mol. The van der Waals surface area contributed by atoms with E-state index < -0.39 is 48.4 Å². The van der Waals surface area contributed by atoms with Gasteiger partial charge in [-0.25, -0.2) is 4.98 Å². The first kappa shape index (κ1) is 28.9. The summed E-state index contributed by atoms with van der Waals surface area (Å²) in [6, 6.07) is 7.46. The van der Waals surface area contributed by atoms with Crippen molar-refractivity contribution >= 4 is 56.9 Å². The lowest BCUT2D eigenvalue weighted by Gasteiger charge is -2.23. The summed E-state index contributed by atoms with van der Waals surface area (Å²) in [5.41, 5.74) is 1.24. The van der Waals surface area contributed by atoms with Crippen LogP contribution in [0.2, 0.25) is 0 Å². The van der Waals surface area contributed by atoms with Crippen molar-refractivity contribution in [1.82, 2.24) is 19.5 Å². The Bertz CT molecular complexity index is 1430. The van der Waals surface area contributed by atoms with Crippen LogP contribution in [0, 0.1) is 0 Å². The molecule has 0 unspecified atom stereocenters. The van der Waals surface area contributed by atoms with Gasteiger partial charge in [0.05, 0.1) is 6.33 Å². The van der Waals surface area contributed by atoms with E-state index in [2.05, 4.69) is 36.2 Å². The third-order valence-electron chi connectivity index (χ3n) is 5.58. The summed E-state index contributed by atoms with van der Waals surface area (Å²) in [4.78, 5) is 60.3. The highest BCUT2D eigenvalue weighted by molar-refractivity contribution is 9.10. The second-order valence-electron chi connectivity index (χ2n) is 8.79. The molecule has 3 heterocycles. The monoisotopic (exact) mass is 619 g/mol. The Morgan fingerprint density at radius 2 is 1.65 bits per heavy atom. The van der Waals surface area contributed by atoms with Crippen LogP contribution < -0.4 is 10.1 Å². The van der Waals surface area contributed by atoms with Crippen LogP contribution in [0.25, 0.3) is 11.2 Å². The standard InChI is InChI=1S/C25H26BrN5O9/c1-12(32)28-25-29-22-19(23(30-25)37-9-16-5-7-17(26)8-6-16)27-11-31(22)24-21(39-15(4)35)20(38-14(3)34)18(40-24)10-36-13(2)33/h5-8,11,18,20-21,24H,9-10H2,1-4H3,(H,28,29,30,32)/t18-,20-,21-,24-/m1/s1. The lowest BCUT2D eigenvalue weighted by molar-refractivity contribution is -0.166. The summed E-state index contributed by atoms with van der Waals surface area (Å²) in [6.45, 7) is 4.76. The van der Waals surface area contributed by atoms with E-state index in [9.17, 15) is 19.2 Å². The Morgan fingerprint density at radius 1 is 0.975 bits per heavy atom. The molecule has 15 heteroatoms. The highest BCUT2D eigenvalue weighted by Crippen LogP contribution is 2.37. The number of halogens is 1. The highest BCUT2D eigenvalue weighted by Gasteiger charge is 2.51. The van der Waals surface area contributed by atoms with Gasteiger partial charge >= 0.3 is 17.9 Å². The Morgan fingerprint density at radius 3 is 2.27 bits per heavy atom. The molecule has 0 radical (unpaired) electrons. The molecule has 1 saturated heterocycles. The molecule has 2 aromatic heterocycles. The molecule has 212 valence electrons. The van der Waals surface area contributed by atoms with Crippen LogP contribution >= 0.6 is 15.9 Å². The number of esters is 3. The van der Waals surface area contributed by atoms with E-state index in [-0.39, 0.29) is 36.2 Å². The molecule has 1 N–H and O–H groups in total. The van der Waals surface area contributed by atoms with Crippen LogP contribution in [-0.2, 0) is 44.7 Å². The minimum Gasteiger partial charge on any atom is -0.471 e. The first-order valence-corrected chi connectivity index (χ1v) is 12.8. The van der Waals surface area contributed by atoms with Crippen molar-refractivity contribution in [2.45, 2.75) is 58.8 Å². The molecule has 1 fully saturated rings. The van der Waals surface area contributed by atoms with Crippen molar-refractivity contribution in [3.05, 3.63) is 40.6 Å². The van der Waals surface area contributed by atoms with Crippen LogP contribution in [0.5, 0.6) is 5.88 Å². The van der Waals surface area contributed by atoms with E-state index in [4.69, 9.17) is 23.7 Å². The van der Waals surface area contributed by atoms with Crippen molar-refractivity contribution in [3.63, 3.8) is 0 Å². The molecule has 4 atom stereocenters. The van der Waals surface area contributed by atoms with Crippen LogP contribution in [0.4, 0.5) is 5.95 Å². The maximum Gasteiger partial charge on any atom is 0.303 e.